The van der Waals surface area contributed by atoms with Crippen LogP contribution in [0, 0.1) is 11.3 Å². The first-order valence-electron chi connectivity index (χ1n) is 7.04. The van der Waals surface area contributed by atoms with E-state index in [0.717, 1.165) is 19.5 Å². The van der Waals surface area contributed by atoms with Gasteiger partial charge in [-0.15, -0.1) is 12.4 Å². The number of carbonyl (C=O) groups is 1. The van der Waals surface area contributed by atoms with Crippen LogP contribution in [-0.4, -0.2) is 19.0 Å². The molecule has 1 amide bonds. The van der Waals surface area contributed by atoms with Gasteiger partial charge in [-0.1, -0.05) is 51.1 Å². The number of hydrogen-bond donors (Lipinski definition) is 2. The molecule has 0 bridgehead atoms. The van der Waals surface area contributed by atoms with Crippen molar-refractivity contribution in [2.75, 3.05) is 13.1 Å². The van der Waals surface area contributed by atoms with Crippen molar-refractivity contribution in [3.63, 3.8) is 0 Å². The Labute approximate surface area is 127 Å². The lowest BCUT2D eigenvalue weighted by molar-refractivity contribution is -0.126. The maximum atomic E-state index is 12.3. The number of amides is 1. The second kappa shape index (κ2) is 7.09. The number of nitrogens with one attached hydrogen (secondary N) is 2. The van der Waals surface area contributed by atoms with Crippen molar-refractivity contribution in [1.29, 1.82) is 0 Å². The summed E-state index contributed by atoms with van der Waals surface area (Å²) < 4.78 is 0. The highest BCUT2D eigenvalue weighted by Crippen LogP contribution is 2.33. The minimum Gasteiger partial charge on any atom is -0.348 e. The van der Waals surface area contributed by atoms with Crippen molar-refractivity contribution < 1.29 is 4.79 Å². The summed E-state index contributed by atoms with van der Waals surface area (Å²) in [7, 11) is 0. The highest BCUT2D eigenvalue weighted by atomic mass is 35.5. The zero-order chi connectivity index (χ0) is 13.9. The molecule has 1 aliphatic heterocycles. The molecule has 0 aliphatic carbocycles. The molecule has 112 valence electrons. The van der Waals surface area contributed by atoms with Crippen molar-refractivity contribution in [3.8, 4) is 0 Å². The summed E-state index contributed by atoms with van der Waals surface area (Å²) in [5, 5.41) is 6.48. The standard InChI is InChI=1S/C16H24N2O.ClH/c1-16(2,3)14(12-7-5-4-6-8-12)18-15(19)13-9-10-17-11-13;/h4-8,13-14,17H,9-11H2,1-3H3,(H,18,19);1H. The quantitative estimate of drug-likeness (QED) is 0.900. The molecular formula is C16H25ClN2O. The normalized spacial score (nSPS) is 20.1. The predicted molar refractivity (Wildman–Crippen MR) is 85.0 cm³/mol. The average Bonchev–Trinajstić information content (AvgIpc) is 2.89. The van der Waals surface area contributed by atoms with Crippen LogP contribution in [0.3, 0.4) is 0 Å². The monoisotopic (exact) mass is 296 g/mol. The Morgan fingerprint density at radius 1 is 1.30 bits per heavy atom. The van der Waals surface area contributed by atoms with E-state index in [-0.39, 0.29) is 35.7 Å². The third-order valence-electron chi connectivity index (χ3n) is 3.72. The maximum Gasteiger partial charge on any atom is 0.224 e. The van der Waals surface area contributed by atoms with Crippen LogP contribution < -0.4 is 10.6 Å². The van der Waals surface area contributed by atoms with Gasteiger partial charge in [0, 0.05) is 6.54 Å². The first-order valence-corrected chi connectivity index (χ1v) is 7.04. The lowest BCUT2D eigenvalue weighted by Gasteiger charge is -2.32. The van der Waals surface area contributed by atoms with Gasteiger partial charge in [0.05, 0.1) is 12.0 Å². The third kappa shape index (κ3) is 4.22. The molecule has 0 aromatic heterocycles. The molecule has 2 rings (SSSR count). The topological polar surface area (TPSA) is 41.1 Å². The van der Waals surface area contributed by atoms with E-state index in [1.165, 1.54) is 5.56 Å². The zero-order valence-corrected chi connectivity index (χ0v) is 13.3. The maximum absolute atomic E-state index is 12.3. The second-order valence-electron chi connectivity index (χ2n) is 6.41. The minimum atomic E-state index is 0. The summed E-state index contributed by atoms with van der Waals surface area (Å²) in [4.78, 5) is 12.3. The SMILES string of the molecule is CC(C)(C)C(NC(=O)C1CCNC1)c1ccccc1.Cl. The first kappa shape index (κ1) is 17.0. The average molecular weight is 297 g/mol. The molecule has 2 atom stereocenters. The van der Waals surface area contributed by atoms with Gasteiger partial charge in [0.25, 0.3) is 0 Å². The molecule has 3 nitrogen and oxygen atoms in total. The first-order chi connectivity index (χ1) is 8.98. The fourth-order valence-electron chi connectivity index (χ4n) is 2.58. The summed E-state index contributed by atoms with van der Waals surface area (Å²) in [6, 6.07) is 10.3. The van der Waals surface area contributed by atoms with E-state index in [2.05, 4.69) is 43.5 Å². The number of carbonyl (C=O) groups excluding carboxylic acids is 1. The van der Waals surface area contributed by atoms with Gasteiger partial charge in [-0.3, -0.25) is 4.79 Å². The Morgan fingerprint density at radius 3 is 2.45 bits per heavy atom. The number of rotatable bonds is 3. The Morgan fingerprint density at radius 2 is 1.95 bits per heavy atom. The molecule has 20 heavy (non-hydrogen) atoms. The minimum absolute atomic E-state index is 0. The van der Waals surface area contributed by atoms with Crippen LogP contribution in [0.2, 0.25) is 0 Å². The van der Waals surface area contributed by atoms with Gasteiger partial charge >= 0.3 is 0 Å². The van der Waals surface area contributed by atoms with E-state index >= 15 is 0 Å². The van der Waals surface area contributed by atoms with Gasteiger partial charge in [0.15, 0.2) is 0 Å². The van der Waals surface area contributed by atoms with Crippen molar-refractivity contribution in [2.45, 2.75) is 33.2 Å². The lowest BCUT2D eigenvalue weighted by Crippen LogP contribution is -2.40. The highest BCUT2D eigenvalue weighted by molar-refractivity contribution is 5.85. The molecule has 1 aromatic rings. The Balaban J connectivity index is 0.00000200. The van der Waals surface area contributed by atoms with Crippen molar-refractivity contribution in [3.05, 3.63) is 35.9 Å². The molecule has 1 aliphatic rings. The van der Waals surface area contributed by atoms with Crippen LogP contribution in [0.4, 0.5) is 0 Å². The van der Waals surface area contributed by atoms with Gasteiger partial charge in [0.1, 0.15) is 0 Å². The summed E-state index contributed by atoms with van der Waals surface area (Å²) in [5.41, 5.74) is 1.18. The van der Waals surface area contributed by atoms with Crippen LogP contribution in [0.15, 0.2) is 30.3 Å². The van der Waals surface area contributed by atoms with Crippen LogP contribution in [0.1, 0.15) is 38.8 Å². The lowest BCUT2D eigenvalue weighted by atomic mass is 9.82. The van der Waals surface area contributed by atoms with E-state index in [0.29, 0.717) is 0 Å². The van der Waals surface area contributed by atoms with Gasteiger partial charge in [-0.25, -0.2) is 0 Å². The number of benzene rings is 1. The summed E-state index contributed by atoms with van der Waals surface area (Å²) >= 11 is 0. The zero-order valence-electron chi connectivity index (χ0n) is 12.5. The van der Waals surface area contributed by atoms with E-state index in [9.17, 15) is 4.79 Å². The summed E-state index contributed by atoms with van der Waals surface area (Å²) in [6.07, 6.45) is 0.942. The molecule has 2 unspecified atom stereocenters. The predicted octanol–water partition coefficient (Wildman–Crippen LogP) is 2.92. The van der Waals surface area contributed by atoms with Crippen LogP contribution >= 0.6 is 12.4 Å². The number of hydrogen-bond acceptors (Lipinski definition) is 2. The third-order valence-corrected chi connectivity index (χ3v) is 3.72. The molecule has 0 spiro atoms. The van der Waals surface area contributed by atoms with E-state index < -0.39 is 0 Å². The van der Waals surface area contributed by atoms with E-state index in [4.69, 9.17) is 0 Å². The second-order valence-corrected chi connectivity index (χ2v) is 6.41. The number of halogens is 1. The van der Waals surface area contributed by atoms with Crippen LogP contribution in [0.5, 0.6) is 0 Å². The molecule has 1 heterocycles. The molecule has 1 saturated heterocycles. The fraction of sp³-hybridized carbons (Fsp3) is 0.562. The van der Waals surface area contributed by atoms with Crippen LogP contribution in [0.25, 0.3) is 0 Å². The summed E-state index contributed by atoms with van der Waals surface area (Å²) in [5.74, 6) is 0.294. The molecule has 0 radical (unpaired) electrons. The van der Waals surface area contributed by atoms with E-state index in [1.807, 2.05) is 18.2 Å². The van der Waals surface area contributed by atoms with Gasteiger partial charge in [0.2, 0.25) is 5.91 Å². The Hall–Kier alpha value is -1.06. The van der Waals surface area contributed by atoms with Gasteiger partial charge in [-0.2, -0.15) is 0 Å². The van der Waals surface area contributed by atoms with E-state index in [1.54, 1.807) is 0 Å². The summed E-state index contributed by atoms with van der Waals surface area (Å²) in [6.45, 7) is 8.24. The van der Waals surface area contributed by atoms with Crippen molar-refractivity contribution in [2.24, 2.45) is 11.3 Å². The van der Waals surface area contributed by atoms with Crippen molar-refractivity contribution >= 4 is 18.3 Å². The van der Waals surface area contributed by atoms with Gasteiger partial charge < -0.3 is 10.6 Å². The Kier molecular flexibility index (Phi) is 6.03. The highest BCUT2D eigenvalue weighted by Gasteiger charge is 2.31. The van der Waals surface area contributed by atoms with Gasteiger partial charge in [-0.05, 0) is 23.9 Å². The Bertz CT molecular complexity index is 422. The fourth-order valence-corrected chi connectivity index (χ4v) is 2.58. The van der Waals surface area contributed by atoms with Crippen molar-refractivity contribution in [1.82, 2.24) is 10.6 Å². The smallest absolute Gasteiger partial charge is 0.224 e. The molecular weight excluding hydrogens is 272 g/mol. The molecule has 4 heteroatoms. The molecule has 1 fully saturated rings. The molecule has 1 aromatic carbocycles. The largest absolute Gasteiger partial charge is 0.348 e. The molecule has 0 saturated carbocycles. The van der Waals surface area contributed by atoms with Crippen LogP contribution in [-0.2, 0) is 4.79 Å². The molecule has 2 N–H and O–H groups in total.